The summed E-state index contributed by atoms with van der Waals surface area (Å²) in [5, 5.41) is 15.2. The van der Waals surface area contributed by atoms with E-state index in [0.717, 1.165) is 33.4 Å². The van der Waals surface area contributed by atoms with Crippen molar-refractivity contribution in [1.29, 1.82) is 5.26 Å². The van der Waals surface area contributed by atoms with Crippen LogP contribution in [0.15, 0.2) is 152 Å². The zero-order chi connectivity index (χ0) is 30.6. The van der Waals surface area contributed by atoms with Gasteiger partial charge in [0.2, 0.25) is 0 Å². The Hall–Kier alpha value is -5.53. The van der Waals surface area contributed by atoms with Gasteiger partial charge in [-0.3, -0.25) is 0 Å². The molecule has 0 saturated carbocycles. The molecular weight excluding hydrogens is 595 g/mol. The molecule has 0 atom stereocenters. The minimum absolute atomic E-state index is 0.654. The van der Waals surface area contributed by atoms with Crippen LogP contribution in [-0.4, -0.2) is 0 Å². The van der Waals surface area contributed by atoms with Gasteiger partial charge in [0.05, 0.1) is 11.6 Å². The fourth-order valence-electron chi connectivity index (χ4n) is 6.59. The van der Waals surface area contributed by atoms with Crippen LogP contribution in [-0.2, 0) is 0 Å². The van der Waals surface area contributed by atoms with E-state index in [2.05, 4.69) is 127 Å². The van der Waals surface area contributed by atoms with Crippen molar-refractivity contribution in [3.05, 3.63) is 157 Å². The molecule has 0 aliphatic carbocycles. The number of nitrogens with zero attached hydrogens (tertiary/aromatic N) is 1. The molecule has 46 heavy (non-hydrogen) atoms. The van der Waals surface area contributed by atoms with E-state index >= 15 is 0 Å². The number of fused-ring (bicyclic) bond motifs is 6. The summed E-state index contributed by atoms with van der Waals surface area (Å²) in [5.74, 6) is 0. The van der Waals surface area contributed by atoms with E-state index in [1.165, 1.54) is 51.5 Å². The molecule has 1 nitrogen and oxygen atoms in total. The van der Waals surface area contributed by atoms with Crippen molar-refractivity contribution < 1.29 is 0 Å². The van der Waals surface area contributed by atoms with Gasteiger partial charge in [-0.15, -0.1) is 22.7 Å². The molecule has 0 aliphatic heterocycles. The van der Waals surface area contributed by atoms with E-state index in [9.17, 15) is 5.26 Å². The van der Waals surface area contributed by atoms with E-state index in [0.29, 0.717) is 5.56 Å². The molecule has 2 aromatic heterocycles. The van der Waals surface area contributed by atoms with E-state index in [1.807, 2.05) is 53.0 Å². The molecular formula is C43H25NS2. The van der Waals surface area contributed by atoms with Gasteiger partial charge in [-0.05, 0) is 111 Å². The number of hydrogen-bond donors (Lipinski definition) is 0. The lowest BCUT2D eigenvalue weighted by molar-refractivity contribution is 1.48. The summed E-state index contributed by atoms with van der Waals surface area (Å²) in [6.45, 7) is 0. The summed E-state index contributed by atoms with van der Waals surface area (Å²) in [7, 11) is 0. The molecule has 9 rings (SSSR count). The average molecular weight is 620 g/mol. The van der Waals surface area contributed by atoms with Crippen molar-refractivity contribution in [1.82, 2.24) is 0 Å². The summed E-state index contributed by atoms with van der Waals surface area (Å²) in [5.41, 5.74) is 9.60. The minimum atomic E-state index is 0.654. The molecule has 9 aromatic rings. The molecule has 214 valence electrons. The van der Waals surface area contributed by atoms with Crippen LogP contribution in [0.25, 0.3) is 84.9 Å². The molecule has 0 aliphatic rings. The van der Waals surface area contributed by atoms with Gasteiger partial charge in [0.1, 0.15) is 0 Å². The fourth-order valence-corrected chi connectivity index (χ4v) is 8.83. The molecule has 0 bridgehead atoms. The van der Waals surface area contributed by atoms with Crippen molar-refractivity contribution in [2.45, 2.75) is 0 Å². The highest BCUT2D eigenvalue weighted by Crippen LogP contribution is 2.41. The molecule has 0 amide bonds. The van der Waals surface area contributed by atoms with E-state index in [-0.39, 0.29) is 0 Å². The second kappa shape index (κ2) is 10.8. The lowest BCUT2D eigenvalue weighted by atomic mass is 9.90. The molecule has 0 radical (unpaired) electrons. The predicted octanol–water partition coefficient (Wildman–Crippen LogP) is 13.0. The maximum absolute atomic E-state index is 10.0. The first-order valence-corrected chi connectivity index (χ1v) is 16.9. The first kappa shape index (κ1) is 26.8. The molecule has 0 saturated heterocycles. The van der Waals surface area contributed by atoms with Gasteiger partial charge in [-0.25, -0.2) is 0 Å². The Bertz CT molecular complexity index is 2650. The third kappa shape index (κ3) is 4.59. The maximum Gasteiger partial charge on any atom is 0.0992 e. The van der Waals surface area contributed by atoms with E-state index < -0.39 is 0 Å². The van der Waals surface area contributed by atoms with E-state index in [4.69, 9.17) is 0 Å². The van der Waals surface area contributed by atoms with Crippen molar-refractivity contribution in [2.24, 2.45) is 0 Å². The molecule has 0 spiro atoms. The van der Waals surface area contributed by atoms with Crippen LogP contribution in [0.1, 0.15) is 5.56 Å². The largest absolute Gasteiger partial charge is 0.192 e. The van der Waals surface area contributed by atoms with Gasteiger partial charge in [0.25, 0.3) is 0 Å². The van der Waals surface area contributed by atoms with Gasteiger partial charge in [0.15, 0.2) is 0 Å². The van der Waals surface area contributed by atoms with Crippen molar-refractivity contribution in [3.8, 4) is 50.6 Å². The number of benzene rings is 7. The quantitative estimate of drug-likeness (QED) is 0.192. The number of thiophene rings is 2. The Morgan fingerprint density at radius 2 is 0.804 bits per heavy atom. The Balaban J connectivity index is 1.27. The molecule has 0 fully saturated rings. The van der Waals surface area contributed by atoms with Crippen LogP contribution < -0.4 is 0 Å². The normalized spacial score (nSPS) is 11.5. The van der Waals surface area contributed by atoms with Crippen LogP contribution in [0, 0.1) is 11.3 Å². The lowest BCUT2D eigenvalue weighted by Gasteiger charge is -2.13. The number of rotatable bonds is 4. The summed E-state index contributed by atoms with van der Waals surface area (Å²) in [4.78, 5) is 0. The van der Waals surface area contributed by atoms with Crippen LogP contribution in [0.3, 0.4) is 0 Å². The Kier molecular flexibility index (Phi) is 6.31. The lowest BCUT2D eigenvalue weighted by Crippen LogP contribution is -1.89. The second-order valence-electron chi connectivity index (χ2n) is 11.7. The summed E-state index contributed by atoms with van der Waals surface area (Å²) >= 11 is 3.69. The first-order chi connectivity index (χ1) is 22.7. The maximum atomic E-state index is 10.0. The Labute approximate surface area is 274 Å². The topological polar surface area (TPSA) is 23.8 Å². The van der Waals surface area contributed by atoms with Crippen LogP contribution >= 0.6 is 22.7 Å². The molecule has 0 unspecified atom stereocenters. The van der Waals surface area contributed by atoms with Crippen molar-refractivity contribution in [2.75, 3.05) is 0 Å². The average Bonchev–Trinajstić information content (AvgIpc) is 3.69. The van der Waals surface area contributed by atoms with Gasteiger partial charge in [-0.2, -0.15) is 5.26 Å². The highest BCUT2D eigenvalue weighted by molar-refractivity contribution is 7.26. The van der Waals surface area contributed by atoms with Crippen LogP contribution in [0.2, 0.25) is 0 Å². The molecule has 3 heteroatoms. The Morgan fingerprint density at radius 1 is 0.326 bits per heavy atom. The monoisotopic (exact) mass is 619 g/mol. The highest BCUT2D eigenvalue weighted by atomic mass is 32.1. The van der Waals surface area contributed by atoms with Crippen molar-refractivity contribution >= 4 is 63.0 Å². The Morgan fingerprint density at radius 3 is 1.50 bits per heavy atom. The fraction of sp³-hybridized carbons (Fsp3) is 0. The van der Waals surface area contributed by atoms with E-state index in [1.54, 1.807) is 0 Å². The SMILES string of the molecule is N#Cc1cc(-c2ccccc2)cc(-c2cc(-c3ccc4c(c3)sc3ccccc34)cc(-c3ccc4sc5ccccc5c4c3)c2)c1. The predicted molar refractivity (Wildman–Crippen MR) is 199 cm³/mol. The number of hydrogen-bond acceptors (Lipinski definition) is 3. The smallest absolute Gasteiger partial charge is 0.0992 e. The van der Waals surface area contributed by atoms with Crippen LogP contribution in [0.4, 0.5) is 0 Å². The van der Waals surface area contributed by atoms with Crippen molar-refractivity contribution in [3.63, 3.8) is 0 Å². The van der Waals surface area contributed by atoms with Gasteiger partial charge in [-0.1, -0.05) is 84.9 Å². The van der Waals surface area contributed by atoms with Gasteiger partial charge < -0.3 is 0 Å². The summed E-state index contributed by atoms with van der Waals surface area (Å²) in [6.07, 6.45) is 0. The zero-order valence-electron chi connectivity index (χ0n) is 24.7. The molecule has 0 N–H and O–H groups in total. The summed E-state index contributed by atoms with van der Waals surface area (Å²) in [6, 6.07) is 56.8. The third-order valence-corrected chi connectivity index (χ3v) is 11.1. The van der Waals surface area contributed by atoms with Gasteiger partial charge in [0, 0.05) is 40.3 Å². The van der Waals surface area contributed by atoms with Crippen LogP contribution in [0.5, 0.6) is 0 Å². The standard InChI is InChI=1S/C43H25NS2/c44-26-27-18-31(28-8-2-1-3-9-28)20-32(19-27)35-22-33(29-15-17-42-39(24-29)37-11-5-7-13-41(37)45-42)21-34(23-35)30-14-16-38-36-10-4-6-12-40(36)46-43(38)25-30/h1-25H. The molecule has 7 aromatic carbocycles. The third-order valence-electron chi connectivity index (χ3n) is 8.86. The summed E-state index contributed by atoms with van der Waals surface area (Å²) < 4.78 is 5.20. The number of nitriles is 1. The second-order valence-corrected chi connectivity index (χ2v) is 13.9. The zero-order valence-corrected chi connectivity index (χ0v) is 26.3. The highest BCUT2D eigenvalue weighted by Gasteiger charge is 2.13. The minimum Gasteiger partial charge on any atom is -0.192 e. The molecule has 2 heterocycles. The first-order valence-electron chi connectivity index (χ1n) is 15.3. The van der Waals surface area contributed by atoms with Gasteiger partial charge >= 0.3 is 0 Å².